The quantitative estimate of drug-likeness (QED) is 0.762. The lowest BCUT2D eigenvalue weighted by atomic mass is 10.2. The second-order valence-corrected chi connectivity index (χ2v) is 4.27. The summed E-state index contributed by atoms with van der Waals surface area (Å²) in [7, 11) is 0. The minimum absolute atomic E-state index is 0.258. The summed E-state index contributed by atoms with van der Waals surface area (Å²) in [4.78, 5) is 24.4. The molecule has 0 radical (unpaired) electrons. The lowest BCUT2D eigenvalue weighted by Crippen LogP contribution is -2.30. The van der Waals surface area contributed by atoms with Gasteiger partial charge in [-0.05, 0) is 37.6 Å². The molecule has 1 aromatic rings. The number of amides is 3. The molecule has 0 unspecified atom stereocenters. The van der Waals surface area contributed by atoms with E-state index >= 15 is 0 Å². The normalized spacial score (nSPS) is 20.2. The SMILES string of the molecule is Cc1cc(Cl)cc(N2C(=O)N[C@@H](C)C2=O)c1. The number of hydrogen-bond donors (Lipinski definition) is 1. The number of benzene rings is 1. The summed E-state index contributed by atoms with van der Waals surface area (Å²) in [6.07, 6.45) is 0. The zero-order valence-electron chi connectivity index (χ0n) is 8.95. The topological polar surface area (TPSA) is 49.4 Å². The van der Waals surface area contributed by atoms with Crippen LogP contribution in [0.5, 0.6) is 0 Å². The van der Waals surface area contributed by atoms with Crippen molar-refractivity contribution in [1.82, 2.24) is 5.32 Å². The zero-order valence-corrected chi connectivity index (χ0v) is 9.71. The van der Waals surface area contributed by atoms with Crippen LogP contribution in [-0.2, 0) is 4.79 Å². The van der Waals surface area contributed by atoms with Gasteiger partial charge in [-0.25, -0.2) is 9.69 Å². The molecule has 0 aliphatic carbocycles. The Morgan fingerprint density at radius 1 is 1.31 bits per heavy atom. The molecule has 3 amide bonds. The van der Waals surface area contributed by atoms with Gasteiger partial charge in [0.1, 0.15) is 6.04 Å². The summed E-state index contributed by atoms with van der Waals surface area (Å²) < 4.78 is 0. The lowest BCUT2D eigenvalue weighted by molar-refractivity contribution is -0.117. The smallest absolute Gasteiger partial charge is 0.326 e. The molecule has 1 atom stereocenters. The van der Waals surface area contributed by atoms with Crippen LogP contribution < -0.4 is 10.2 Å². The predicted molar refractivity (Wildman–Crippen MR) is 61.7 cm³/mol. The van der Waals surface area contributed by atoms with Crippen LogP contribution in [0.3, 0.4) is 0 Å². The molecule has 16 heavy (non-hydrogen) atoms. The number of aryl methyl sites for hydroxylation is 1. The summed E-state index contributed by atoms with van der Waals surface area (Å²) >= 11 is 5.89. The Morgan fingerprint density at radius 3 is 2.50 bits per heavy atom. The maximum Gasteiger partial charge on any atom is 0.329 e. The van der Waals surface area contributed by atoms with E-state index < -0.39 is 12.1 Å². The molecule has 0 bridgehead atoms. The molecule has 1 aromatic carbocycles. The molecule has 1 saturated heterocycles. The molecule has 0 aromatic heterocycles. The largest absolute Gasteiger partial charge is 0.329 e. The Labute approximate surface area is 98.2 Å². The lowest BCUT2D eigenvalue weighted by Gasteiger charge is -2.13. The van der Waals surface area contributed by atoms with E-state index in [0.717, 1.165) is 10.5 Å². The number of imide groups is 1. The molecule has 0 spiro atoms. The van der Waals surface area contributed by atoms with Crippen molar-refractivity contribution in [2.24, 2.45) is 0 Å². The van der Waals surface area contributed by atoms with E-state index in [-0.39, 0.29) is 5.91 Å². The maximum absolute atomic E-state index is 11.7. The van der Waals surface area contributed by atoms with E-state index in [2.05, 4.69) is 5.32 Å². The standard InChI is InChI=1S/C11H11ClN2O2/c1-6-3-8(12)5-9(4-6)14-10(15)7(2)13-11(14)16/h3-5,7H,1-2H3,(H,13,16)/t7-/m0/s1. The van der Waals surface area contributed by atoms with Gasteiger partial charge in [0.05, 0.1) is 5.69 Å². The highest BCUT2D eigenvalue weighted by atomic mass is 35.5. The number of nitrogens with one attached hydrogen (secondary N) is 1. The van der Waals surface area contributed by atoms with E-state index in [9.17, 15) is 9.59 Å². The Hall–Kier alpha value is -1.55. The summed E-state index contributed by atoms with van der Waals surface area (Å²) in [6.45, 7) is 3.51. The molecule has 4 nitrogen and oxygen atoms in total. The average Bonchev–Trinajstić information content (AvgIpc) is 2.39. The Balaban J connectivity index is 2.44. The van der Waals surface area contributed by atoms with Gasteiger partial charge in [-0.3, -0.25) is 4.79 Å². The minimum atomic E-state index is -0.480. The number of nitrogens with zero attached hydrogens (tertiary/aromatic N) is 1. The van der Waals surface area contributed by atoms with E-state index in [0.29, 0.717) is 10.7 Å². The van der Waals surface area contributed by atoms with Gasteiger partial charge in [0, 0.05) is 5.02 Å². The molecular formula is C11H11ClN2O2. The molecule has 0 saturated carbocycles. The van der Waals surface area contributed by atoms with Crippen molar-refractivity contribution in [3.05, 3.63) is 28.8 Å². The number of urea groups is 1. The third-order valence-corrected chi connectivity index (χ3v) is 2.64. The summed E-state index contributed by atoms with van der Waals surface area (Å²) in [6, 6.07) is 4.24. The van der Waals surface area contributed by atoms with Crippen LogP contribution in [0.2, 0.25) is 5.02 Å². The molecule has 5 heteroatoms. The number of halogens is 1. The molecule has 2 rings (SSSR count). The molecule has 1 aliphatic rings. The van der Waals surface area contributed by atoms with Crippen LogP contribution in [0.25, 0.3) is 0 Å². The van der Waals surface area contributed by atoms with Gasteiger partial charge >= 0.3 is 6.03 Å². The minimum Gasteiger partial charge on any atom is -0.326 e. The number of rotatable bonds is 1. The van der Waals surface area contributed by atoms with Crippen LogP contribution in [0.1, 0.15) is 12.5 Å². The number of anilines is 1. The molecule has 1 heterocycles. The van der Waals surface area contributed by atoms with Crippen molar-refractivity contribution in [1.29, 1.82) is 0 Å². The maximum atomic E-state index is 11.7. The van der Waals surface area contributed by atoms with Crippen molar-refractivity contribution in [3.8, 4) is 0 Å². The number of carbonyl (C=O) groups is 2. The Kier molecular flexibility index (Phi) is 2.59. The van der Waals surface area contributed by atoms with Crippen molar-refractivity contribution < 1.29 is 9.59 Å². The molecule has 1 N–H and O–H groups in total. The second kappa shape index (κ2) is 3.79. The van der Waals surface area contributed by atoms with Crippen molar-refractivity contribution in [2.75, 3.05) is 4.90 Å². The molecule has 84 valence electrons. The number of carbonyl (C=O) groups excluding carboxylic acids is 2. The second-order valence-electron chi connectivity index (χ2n) is 3.83. The van der Waals surface area contributed by atoms with Crippen molar-refractivity contribution in [2.45, 2.75) is 19.9 Å². The van der Waals surface area contributed by atoms with Crippen LogP contribution in [-0.4, -0.2) is 18.0 Å². The molecular weight excluding hydrogens is 228 g/mol. The fourth-order valence-corrected chi connectivity index (χ4v) is 1.98. The van der Waals surface area contributed by atoms with E-state index in [4.69, 9.17) is 11.6 Å². The highest BCUT2D eigenvalue weighted by Crippen LogP contribution is 2.24. The monoisotopic (exact) mass is 238 g/mol. The fraction of sp³-hybridized carbons (Fsp3) is 0.273. The van der Waals surface area contributed by atoms with Gasteiger partial charge < -0.3 is 5.32 Å². The van der Waals surface area contributed by atoms with Gasteiger partial charge in [-0.15, -0.1) is 0 Å². The van der Waals surface area contributed by atoms with Crippen molar-refractivity contribution >= 4 is 29.2 Å². The first kappa shape index (κ1) is 11.0. The van der Waals surface area contributed by atoms with Gasteiger partial charge in [0.25, 0.3) is 5.91 Å². The summed E-state index contributed by atoms with van der Waals surface area (Å²) in [5.74, 6) is -0.258. The van der Waals surface area contributed by atoms with Gasteiger partial charge in [-0.1, -0.05) is 11.6 Å². The van der Waals surface area contributed by atoms with Crippen LogP contribution in [0.15, 0.2) is 18.2 Å². The van der Waals surface area contributed by atoms with E-state index in [1.165, 1.54) is 0 Å². The first-order valence-corrected chi connectivity index (χ1v) is 5.28. The number of hydrogen-bond acceptors (Lipinski definition) is 2. The van der Waals surface area contributed by atoms with Crippen LogP contribution >= 0.6 is 11.6 Å². The van der Waals surface area contributed by atoms with E-state index in [1.807, 2.05) is 6.92 Å². The summed E-state index contributed by atoms with van der Waals surface area (Å²) in [5.41, 5.74) is 1.42. The van der Waals surface area contributed by atoms with Gasteiger partial charge in [0.2, 0.25) is 0 Å². The predicted octanol–water partition coefficient (Wildman–Crippen LogP) is 2.09. The fourth-order valence-electron chi connectivity index (χ4n) is 1.70. The first-order chi connectivity index (χ1) is 7.49. The van der Waals surface area contributed by atoms with Crippen LogP contribution in [0.4, 0.5) is 10.5 Å². The summed E-state index contributed by atoms with van der Waals surface area (Å²) in [5, 5.41) is 3.06. The Bertz CT molecular complexity index is 453. The molecule has 1 aliphatic heterocycles. The Morgan fingerprint density at radius 2 is 2.00 bits per heavy atom. The van der Waals surface area contributed by atoms with Crippen molar-refractivity contribution in [3.63, 3.8) is 0 Å². The molecule has 1 fully saturated rings. The third-order valence-electron chi connectivity index (χ3n) is 2.42. The average molecular weight is 239 g/mol. The van der Waals surface area contributed by atoms with Gasteiger partial charge in [0.15, 0.2) is 0 Å². The van der Waals surface area contributed by atoms with E-state index in [1.54, 1.807) is 25.1 Å². The highest BCUT2D eigenvalue weighted by molar-refractivity contribution is 6.31. The van der Waals surface area contributed by atoms with Crippen LogP contribution in [0, 0.1) is 6.92 Å². The third kappa shape index (κ3) is 1.76. The zero-order chi connectivity index (χ0) is 11.9. The first-order valence-electron chi connectivity index (χ1n) is 4.90. The highest BCUT2D eigenvalue weighted by Gasteiger charge is 2.36. The van der Waals surface area contributed by atoms with Gasteiger partial charge in [-0.2, -0.15) is 0 Å².